The van der Waals surface area contributed by atoms with Crippen molar-refractivity contribution in [3.63, 3.8) is 0 Å². The summed E-state index contributed by atoms with van der Waals surface area (Å²) in [6, 6.07) is 9.84. The van der Waals surface area contributed by atoms with E-state index in [1.54, 1.807) is 0 Å². The second kappa shape index (κ2) is 9.71. The monoisotopic (exact) mass is 462 g/mol. The van der Waals surface area contributed by atoms with Gasteiger partial charge in [0.1, 0.15) is 24.0 Å². The highest BCUT2D eigenvalue weighted by Crippen LogP contribution is 2.61. The van der Waals surface area contributed by atoms with Crippen molar-refractivity contribution in [2.45, 2.75) is 96.6 Å². The van der Waals surface area contributed by atoms with Crippen molar-refractivity contribution in [3.05, 3.63) is 59.4 Å². The second-order valence-electron chi connectivity index (χ2n) is 11.2. The molecule has 0 amide bonds. The Morgan fingerprint density at radius 1 is 1.15 bits per heavy atom. The fourth-order valence-electron chi connectivity index (χ4n) is 7.41. The van der Waals surface area contributed by atoms with Crippen molar-refractivity contribution in [2.75, 3.05) is 0 Å². The van der Waals surface area contributed by atoms with Crippen LogP contribution in [0.25, 0.3) is 0 Å². The molecule has 1 heterocycles. The molecular formula is C30H40NO3+. The molecule has 1 aromatic carbocycles. The first-order valence-corrected chi connectivity index (χ1v) is 13.5. The van der Waals surface area contributed by atoms with E-state index >= 15 is 0 Å². The molecule has 182 valence electrons. The highest BCUT2D eigenvalue weighted by Gasteiger charge is 2.56. The van der Waals surface area contributed by atoms with E-state index in [1.165, 1.54) is 36.8 Å². The largest absolute Gasteiger partial charge is 0.508 e. The fourth-order valence-corrected chi connectivity index (χ4v) is 7.41. The lowest BCUT2D eigenvalue weighted by atomic mass is 9.55. The maximum atomic E-state index is 13.2. The standard InChI is InChI=1S/C30H39NO3/c1-3-4-5-6-17-31-18-7-8-22(20-31)29(33)34-28-14-13-27-26-11-9-21-19-23(32)10-12-24(21)25(26)15-16-30(27,28)2/h7-8,10,12,18-20,25-28H,3-6,9,11,13-17H2,1-2H3/p+1/t25-,26-,27+,28+,30+/m1/s1. The first-order chi connectivity index (χ1) is 16.5. The summed E-state index contributed by atoms with van der Waals surface area (Å²) in [4.78, 5) is 13.2. The van der Waals surface area contributed by atoms with Gasteiger partial charge in [-0.05, 0) is 92.0 Å². The number of unbranched alkanes of at least 4 members (excludes halogenated alkanes) is 3. The number of pyridine rings is 1. The molecule has 3 aliphatic rings. The van der Waals surface area contributed by atoms with E-state index in [9.17, 15) is 9.90 Å². The number of phenols is 1. The summed E-state index contributed by atoms with van der Waals surface area (Å²) in [5.41, 5.74) is 3.52. The van der Waals surface area contributed by atoms with E-state index in [1.807, 2.05) is 30.5 Å². The number of phenolic OH excluding ortho intramolecular Hbond substituents is 1. The van der Waals surface area contributed by atoms with Crippen LogP contribution in [0.5, 0.6) is 5.75 Å². The lowest BCUT2D eigenvalue weighted by Gasteiger charge is -2.50. The van der Waals surface area contributed by atoms with Crippen molar-refractivity contribution in [2.24, 2.45) is 17.3 Å². The summed E-state index contributed by atoms with van der Waals surface area (Å²) in [6.07, 6.45) is 15.5. The summed E-state index contributed by atoms with van der Waals surface area (Å²) in [5, 5.41) is 9.92. The molecule has 0 bridgehead atoms. The van der Waals surface area contributed by atoms with Gasteiger partial charge in [0.25, 0.3) is 0 Å². The van der Waals surface area contributed by atoms with Gasteiger partial charge in [-0.2, -0.15) is 0 Å². The summed E-state index contributed by atoms with van der Waals surface area (Å²) in [6.45, 7) is 5.56. The van der Waals surface area contributed by atoms with Crippen LogP contribution >= 0.6 is 0 Å². The number of ether oxygens (including phenoxy) is 1. The number of hydrogen-bond acceptors (Lipinski definition) is 3. The molecule has 2 saturated carbocycles. The fraction of sp³-hybridized carbons (Fsp3) is 0.600. The Hall–Kier alpha value is -2.36. The molecule has 4 nitrogen and oxygen atoms in total. The van der Waals surface area contributed by atoms with Gasteiger partial charge in [0.2, 0.25) is 0 Å². The number of carbonyl (C=O) groups excluding carboxylic acids is 1. The maximum absolute atomic E-state index is 13.2. The molecule has 0 unspecified atom stereocenters. The number of carbonyl (C=O) groups is 1. The minimum Gasteiger partial charge on any atom is -0.508 e. The molecule has 4 heteroatoms. The number of rotatable bonds is 7. The topological polar surface area (TPSA) is 50.4 Å². The van der Waals surface area contributed by atoms with Gasteiger partial charge >= 0.3 is 5.97 Å². The molecule has 0 radical (unpaired) electrons. The van der Waals surface area contributed by atoms with Crippen LogP contribution in [-0.4, -0.2) is 17.2 Å². The highest BCUT2D eigenvalue weighted by atomic mass is 16.5. The SMILES string of the molecule is CCCCCC[n+]1cccc(C(=O)O[C@H]2CC[C@H]3[C@@H]4CCc5cc(O)ccc5[C@H]4CC[C@]23C)c1. The third-order valence-corrected chi connectivity index (χ3v) is 9.24. The highest BCUT2D eigenvalue weighted by molar-refractivity contribution is 5.88. The Morgan fingerprint density at radius 2 is 2.03 bits per heavy atom. The molecule has 5 atom stereocenters. The van der Waals surface area contributed by atoms with Gasteiger partial charge in [0, 0.05) is 17.9 Å². The van der Waals surface area contributed by atoms with Crippen LogP contribution in [0.1, 0.15) is 99.0 Å². The molecule has 0 aliphatic heterocycles. The van der Waals surface area contributed by atoms with Gasteiger partial charge in [-0.25, -0.2) is 9.36 Å². The number of benzene rings is 1. The number of hydrogen-bond donors (Lipinski definition) is 1. The van der Waals surface area contributed by atoms with Crippen molar-refractivity contribution < 1.29 is 19.2 Å². The average Bonchev–Trinajstić information content (AvgIpc) is 3.17. The van der Waals surface area contributed by atoms with Crippen LogP contribution in [-0.2, 0) is 17.7 Å². The van der Waals surface area contributed by atoms with E-state index in [-0.39, 0.29) is 17.5 Å². The average molecular weight is 463 g/mol. The second-order valence-corrected chi connectivity index (χ2v) is 11.2. The molecule has 3 aliphatic carbocycles. The van der Waals surface area contributed by atoms with Crippen molar-refractivity contribution in [3.8, 4) is 5.75 Å². The Labute approximate surface area is 204 Å². The van der Waals surface area contributed by atoms with Gasteiger partial charge in [-0.3, -0.25) is 0 Å². The van der Waals surface area contributed by atoms with Gasteiger partial charge < -0.3 is 9.84 Å². The normalized spacial score (nSPS) is 29.7. The molecule has 0 saturated heterocycles. The Balaban J connectivity index is 1.26. The predicted octanol–water partition coefficient (Wildman–Crippen LogP) is 6.34. The third kappa shape index (κ3) is 4.36. The van der Waals surface area contributed by atoms with Crippen LogP contribution < -0.4 is 4.57 Å². The summed E-state index contributed by atoms with van der Waals surface area (Å²) >= 11 is 0. The lowest BCUT2D eigenvalue weighted by molar-refractivity contribution is -0.697. The minimum absolute atomic E-state index is 0.00498. The van der Waals surface area contributed by atoms with E-state index in [0.717, 1.165) is 45.1 Å². The molecule has 1 N–H and O–H groups in total. The number of aryl methyl sites for hydroxylation is 2. The van der Waals surface area contributed by atoms with Crippen LogP contribution in [0.15, 0.2) is 42.7 Å². The van der Waals surface area contributed by atoms with Crippen LogP contribution in [0.4, 0.5) is 0 Å². The number of aromatic nitrogens is 1. The first-order valence-electron chi connectivity index (χ1n) is 13.5. The molecule has 1 aromatic heterocycles. The van der Waals surface area contributed by atoms with Gasteiger partial charge in [-0.1, -0.05) is 32.8 Å². The molecule has 5 rings (SSSR count). The summed E-state index contributed by atoms with van der Waals surface area (Å²) in [7, 11) is 0. The molecule has 0 spiro atoms. The summed E-state index contributed by atoms with van der Waals surface area (Å²) in [5.74, 6) is 2.06. The maximum Gasteiger partial charge on any atom is 0.344 e. The summed E-state index contributed by atoms with van der Waals surface area (Å²) < 4.78 is 8.38. The quantitative estimate of drug-likeness (QED) is 0.297. The van der Waals surface area contributed by atoms with E-state index in [0.29, 0.717) is 29.1 Å². The smallest absolute Gasteiger partial charge is 0.344 e. The number of esters is 1. The molecule has 34 heavy (non-hydrogen) atoms. The zero-order chi connectivity index (χ0) is 23.7. The predicted molar refractivity (Wildman–Crippen MR) is 133 cm³/mol. The first kappa shape index (κ1) is 23.4. The van der Waals surface area contributed by atoms with Gasteiger partial charge in [0.05, 0.1) is 0 Å². The molecule has 2 aromatic rings. The Morgan fingerprint density at radius 3 is 2.88 bits per heavy atom. The molecular weight excluding hydrogens is 422 g/mol. The van der Waals surface area contributed by atoms with Gasteiger partial charge in [-0.15, -0.1) is 0 Å². The minimum atomic E-state index is -0.165. The van der Waals surface area contributed by atoms with E-state index < -0.39 is 0 Å². The van der Waals surface area contributed by atoms with E-state index in [4.69, 9.17) is 4.74 Å². The Kier molecular flexibility index (Phi) is 6.68. The van der Waals surface area contributed by atoms with E-state index in [2.05, 4.69) is 30.7 Å². The van der Waals surface area contributed by atoms with Crippen LogP contribution in [0.2, 0.25) is 0 Å². The zero-order valence-corrected chi connectivity index (χ0v) is 20.8. The van der Waals surface area contributed by atoms with Crippen molar-refractivity contribution >= 4 is 5.97 Å². The Bertz CT molecular complexity index is 1030. The number of fused-ring (bicyclic) bond motifs is 5. The van der Waals surface area contributed by atoms with Crippen LogP contribution in [0, 0.1) is 17.3 Å². The van der Waals surface area contributed by atoms with Crippen molar-refractivity contribution in [1.29, 1.82) is 0 Å². The third-order valence-electron chi connectivity index (χ3n) is 9.24. The van der Waals surface area contributed by atoms with Gasteiger partial charge in [0.15, 0.2) is 12.4 Å². The van der Waals surface area contributed by atoms with Crippen LogP contribution in [0.3, 0.4) is 0 Å². The zero-order valence-electron chi connectivity index (χ0n) is 20.8. The van der Waals surface area contributed by atoms with Crippen molar-refractivity contribution in [1.82, 2.24) is 0 Å². The lowest BCUT2D eigenvalue weighted by Crippen LogP contribution is -2.45. The number of nitrogens with zero attached hydrogens (tertiary/aromatic N) is 1. The molecule has 2 fully saturated rings. The number of aromatic hydroxyl groups is 1.